The zero-order chi connectivity index (χ0) is 13.4. The molecule has 3 N–H and O–H groups in total. The van der Waals surface area contributed by atoms with Gasteiger partial charge in [0, 0.05) is 25.8 Å². The number of aliphatic hydroxyl groups is 1. The van der Waals surface area contributed by atoms with Crippen molar-refractivity contribution in [3.63, 3.8) is 0 Å². The molecule has 0 aliphatic heterocycles. The summed E-state index contributed by atoms with van der Waals surface area (Å²) in [7, 11) is 1.58. The summed E-state index contributed by atoms with van der Waals surface area (Å²) < 4.78 is 4.87. The van der Waals surface area contributed by atoms with Gasteiger partial charge in [-0.15, -0.1) is 0 Å². The zero-order valence-corrected chi connectivity index (χ0v) is 11.2. The van der Waals surface area contributed by atoms with Gasteiger partial charge in [-0.3, -0.25) is 0 Å². The lowest BCUT2D eigenvalue weighted by Gasteiger charge is -2.13. The molecule has 6 heteroatoms. The average molecular weight is 254 g/mol. The van der Waals surface area contributed by atoms with Gasteiger partial charge in [0.2, 0.25) is 0 Å². The third kappa shape index (κ3) is 4.46. The van der Waals surface area contributed by atoms with Crippen molar-refractivity contribution in [2.75, 3.05) is 37.4 Å². The van der Waals surface area contributed by atoms with Gasteiger partial charge in [-0.1, -0.05) is 0 Å². The summed E-state index contributed by atoms with van der Waals surface area (Å²) in [4.78, 5) is 8.36. The molecular weight excluding hydrogens is 232 g/mol. The molecule has 0 amide bonds. The average Bonchev–Trinajstić information content (AvgIpc) is 2.34. The van der Waals surface area contributed by atoms with Crippen LogP contribution in [0.2, 0.25) is 0 Å². The second-order valence-corrected chi connectivity index (χ2v) is 4.05. The highest BCUT2D eigenvalue weighted by Gasteiger charge is 2.07. The van der Waals surface area contributed by atoms with E-state index in [2.05, 4.69) is 20.6 Å². The van der Waals surface area contributed by atoms with Crippen molar-refractivity contribution < 1.29 is 9.84 Å². The van der Waals surface area contributed by atoms with Gasteiger partial charge >= 0.3 is 0 Å². The van der Waals surface area contributed by atoms with Gasteiger partial charge in [0.25, 0.3) is 0 Å². The number of aromatic nitrogens is 2. The van der Waals surface area contributed by atoms with Gasteiger partial charge in [0.05, 0.1) is 12.7 Å². The number of nitrogens with one attached hydrogen (secondary N) is 2. The van der Waals surface area contributed by atoms with Crippen molar-refractivity contribution in [3.05, 3.63) is 11.9 Å². The van der Waals surface area contributed by atoms with E-state index >= 15 is 0 Å². The lowest BCUT2D eigenvalue weighted by molar-refractivity contribution is 0.0615. The van der Waals surface area contributed by atoms with Crippen LogP contribution < -0.4 is 10.6 Å². The van der Waals surface area contributed by atoms with Crippen LogP contribution in [0.15, 0.2) is 6.33 Å². The van der Waals surface area contributed by atoms with E-state index < -0.39 is 6.10 Å². The third-order valence-corrected chi connectivity index (χ3v) is 2.56. The maximum absolute atomic E-state index is 9.53. The van der Waals surface area contributed by atoms with Crippen LogP contribution >= 0.6 is 0 Å². The fourth-order valence-corrected chi connectivity index (χ4v) is 1.61. The molecule has 102 valence electrons. The largest absolute Gasteiger partial charge is 0.391 e. The van der Waals surface area contributed by atoms with E-state index in [9.17, 15) is 5.11 Å². The molecule has 1 atom stereocenters. The van der Waals surface area contributed by atoms with E-state index in [1.165, 1.54) is 6.33 Å². The Labute approximate surface area is 108 Å². The third-order valence-electron chi connectivity index (χ3n) is 2.56. The molecule has 0 fully saturated rings. The zero-order valence-electron chi connectivity index (χ0n) is 11.2. The first-order valence-corrected chi connectivity index (χ1v) is 6.15. The molecule has 0 saturated heterocycles. The quantitative estimate of drug-likeness (QED) is 0.643. The molecule has 1 heterocycles. The van der Waals surface area contributed by atoms with Crippen LogP contribution in [0.1, 0.15) is 18.9 Å². The lowest BCUT2D eigenvalue weighted by Crippen LogP contribution is -2.19. The van der Waals surface area contributed by atoms with Gasteiger partial charge in [-0.2, -0.15) is 0 Å². The maximum Gasteiger partial charge on any atom is 0.134 e. The number of hydrogen-bond acceptors (Lipinski definition) is 6. The van der Waals surface area contributed by atoms with E-state index in [0.29, 0.717) is 19.6 Å². The first-order chi connectivity index (χ1) is 8.69. The number of nitrogens with zero attached hydrogens (tertiary/aromatic N) is 2. The predicted octanol–water partition coefficient (Wildman–Crippen LogP) is 1.03. The Hall–Kier alpha value is -1.40. The maximum atomic E-state index is 9.53. The summed E-state index contributed by atoms with van der Waals surface area (Å²) in [5.41, 5.74) is 0.987. The van der Waals surface area contributed by atoms with Crippen LogP contribution in [0.5, 0.6) is 0 Å². The monoisotopic (exact) mass is 254 g/mol. The molecule has 1 rings (SSSR count). The molecule has 18 heavy (non-hydrogen) atoms. The Balaban J connectivity index is 2.49. The van der Waals surface area contributed by atoms with E-state index in [4.69, 9.17) is 4.74 Å². The summed E-state index contributed by atoms with van der Waals surface area (Å²) in [6, 6.07) is 0. The molecule has 1 aromatic heterocycles. The minimum Gasteiger partial charge on any atom is -0.391 e. The van der Waals surface area contributed by atoms with Crippen molar-refractivity contribution in [3.8, 4) is 0 Å². The number of anilines is 2. The standard InChI is InChI=1S/C12H22N4O2/c1-4-13-11-9(2)12(16-8-15-11)14-6-5-10(17)7-18-3/h8,10,17H,4-7H2,1-3H3,(H2,13,14,15,16). The van der Waals surface area contributed by atoms with Crippen LogP contribution in [0.25, 0.3) is 0 Å². The fourth-order valence-electron chi connectivity index (χ4n) is 1.61. The summed E-state index contributed by atoms with van der Waals surface area (Å²) in [5, 5.41) is 15.9. The van der Waals surface area contributed by atoms with E-state index in [0.717, 1.165) is 23.7 Å². The van der Waals surface area contributed by atoms with Crippen molar-refractivity contribution in [2.45, 2.75) is 26.4 Å². The second kappa shape index (κ2) is 7.84. The first kappa shape index (κ1) is 14.7. The number of aliphatic hydroxyl groups excluding tert-OH is 1. The summed E-state index contributed by atoms with van der Waals surface area (Å²) in [6.45, 7) is 5.81. The first-order valence-electron chi connectivity index (χ1n) is 6.15. The van der Waals surface area contributed by atoms with Gasteiger partial charge in [-0.05, 0) is 20.3 Å². The van der Waals surface area contributed by atoms with E-state index in [-0.39, 0.29) is 0 Å². The fraction of sp³-hybridized carbons (Fsp3) is 0.667. The molecule has 0 bridgehead atoms. The molecule has 6 nitrogen and oxygen atoms in total. The molecule has 0 aromatic carbocycles. The Morgan fingerprint density at radius 1 is 1.33 bits per heavy atom. The van der Waals surface area contributed by atoms with Crippen LogP contribution in [0.4, 0.5) is 11.6 Å². The van der Waals surface area contributed by atoms with Gasteiger partial charge in [0.1, 0.15) is 18.0 Å². The molecule has 0 saturated carbocycles. The summed E-state index contributed by atoms with van der Waals surface area (Å²) >= 11 is 0. The minimum atomic E-state index is -0.446. The topological polar surface area (TPSA) is 79.3 Å². The number of rotatable bonds is 8. The van der Waals surface area contributed by atoms with Crippen molar-refractivity contribution in [1.82, 2.24) is 9.97 Å². The van der Waals surface area contributed by atoms with Crippen LogP contribution in [0, 0.1) is 6.92 Å². The number of ether oxygens (including phenoxy) is 1. The smallest absolute Gasteiger partial charge is 0.134 e. The molecule has 0 aliphatic rings. The van der Waals surface area contributed by atoms with Crippen LogP contribution in [0.3, 0.4) is 0 Å². The highest BCUT2D eigenvalue weighted by molar-refractivity contribution is 5.56. The Kier molecular flexibility index (Phi) is 6.38. The van der Waals surface area contributed by atoms with Gasteiger partial charge in [-0.25, -0.2) is 9.97 Å². The van der Waals surface area contributed by atoms with Crippen molar-refractivity contribution in [1.29, 1.82) is 0 Å². The van der Waals surface area contributed by atoms with Crippen LogP contribution in [-0.2, 0) is 4.74 Å². The Bertz CT molecular complexity index is 360. The van der Waals surface area contributed by atoms with Gasteiger partial charge < -0.3 is 20.5 Å². The minimum absolute atomic E-state index is 0.354. The number of hydrogen-bond donors (Lipinski definition) is 3. The highest BCUT2D eigenvalue weighted by Crippen LogP contribution is 2.17. The van der Waals surface area contributed by atoms with E-state index in [1.807, 2.05) is 13.8 Å². The SMILES string of the molecule is CCNc1ncnc(NCCC(O)COC)c1C. The molecule has 1 unspecified atom stereocenters. The van der Waals surface area contributed by atoms with Gasteiger partial charge in [0.15, 0.2) is 0 Å². The lowest BCUT2D eigenvalue weighted by atomic mass is 10.2. The predicted molar refractivity (Wildman–Crippen MR) is 71.9 cm³/mol. The molecular formula is C12H22N4O2. The second-order valence-electron chi connectivity index (χ2n) is 4.05. The Morgan fingerprint density at radius 2 is 2.00 bits per heavy atom. The molecule has 0 radical (unpaired) electrons. The highest BCUT2D eigenvalue weighted by atomic mass is 16.5. The van der Waals surface area contributed by atoms with Crippen molar-refractivity contribution in [2.24, 2.45) is 0 Å². The molecule has 1 aromatic rings. The summed E-state index contributed by atoms with van der Waals surface area (Å²) in [6.07, 6.45) is 1.70. The molecule has 0 spiro atoms. The normalized spacial score (nSPS) is 12.2. The van der Waals surface area contributed by atoms with Crippen molar-refractivity contribution >= 4 is 11.6 Å². The molecule has 0 aliphatic carbocycles. The summed E-state index contributed by atoms with van der Waals surface area (Å²) in [5.74, 6) is 1.64. The van der Waals surface area contributed by atoms with Crippen LogP contribution in [-0.4, -0.2) is 48.0 Å². The number of methoxy groups -OCH3 is 1. The Morgan fingerprint density at radius 3 is 2.61 bits per heavy atom. The van der Waals surface area contributed by atoms with E-state index in [1.54, 1.807) is 7.11 Å².